The number of carbonyl (C=O) groups is 1. The average molecular weight is 497 g/mol. The van der Waals surface area contributed by atoms with Crippen LogP contribution in [0, 0.1) is 0 Å². The second-order valence-electron chi connectivity index (χ2n) is 8.19. The molecule has 0 spiro atoms. The van der Waals surface area contributed by atoms with Crippen molar-refractivity contribution in [3.63, 3.8) is 0 Å². The highest BCUT2D eigenvalue weighted by Crippen LogP contribution is 2.30. The highest BCUT2D eigenvalue weighted by molar-refractivity contribution is 7.88. The molecule has 1 atom stereocenters. The first kappa shape index (κ1) is 24.5. The Balaban J connectivity index is 1.52. The number of hydrazine groups is 1. The molecule has 2 amide bonds. The molecule has 2 aromatic carbocycles. The number of carbonyl (C=O) groups excluding carboxylic acids is 1. The van der Waals surface area contributed by atoms with E-state index in [1.165, 1.54) is 11.2 Å². The highest BCUT2D eigenvalue weighted by Gasteiger charge is 2.39. The van der Waals surface area contributed by atoms with Crippen LogP contribution in [0.1, 0.15) is 22.7 Å². The van der Waals surface area contributed by atoms with Gasteiger partial charge in [-0.15, -0.1) is 4.83 Å². The molecule has 1 aromatic heterocycles. The number of benzene rings is 2. The summed E-state index contributed by atoms with van der Waals surface area (Å²) >= 11 is 0. The molecule has 0 saturated carbocycles. The number of nitrogens with zero attached hydrogens (tertiary/aromatic N) is 3. The number of sulfonamides is 1. The standard InChI is InChI=1S/C25H28N4O5S/c1-33-22-9-5-19(6-10-22)13-15-28-24(21-7-11-23(34-2)12-8-21)17-29(25(28)30)27-35(31,32)18-20-4-3-14-26-16-20/h3-12,14,16,24,27H,13,15,17-18H2,1-2H3. The Labute approximate surface area is 205 Å². The first-order valence-electron chi connectivity index (χ1n) is 11.1. The van der Waals surface area contributed by atoms with Crippen LogP contribution in [0.5, 0.6) is 11.5 Å². The van der Waals surface area contributed by atoms with Gasteiger partial charge in [0.05, 0.1) is 32.6 Å². The van der Waals surface area contributed by atoms with Gasteiger partial charge in [-0.3, -0.25) is 4.98 Å². The van der Waals surface area contributed by atoms with Gasteiger partial charge in [-0.05, 0) is 53.4 Å². The molecule has 9 nitrogen and oxygen atoms in total. The van der Waals surface area contributed by atoms with Crippen LogP contribution in [0.2, 0.25) is 0 Å². The van der Waals surface area contributed by atoms with Crippen molar-refractivity contribution in [1.82, 2.24) is 19.7 Å². The van der Waals surface area contributed by atoms with Crippen molar-refractivity contribution in [2.24, 2.45) is 0 Å². The Kier molecular flexibility index (Phi) is 7.52. The predicted molar refractivity (Wildman–Crippen MR) is 131 cm³/mol. The van der Waals surface area contributed by atoms with Crippen LogP contribution in [0.25, 0.3) is 0 Å². The fourth-order valence-electron chi connectivity index (χ4n) is 4.02. The molecule has 1 unspecified atom stereocenters. The Morgan fingerprint density at radius 3 is 2.23 bits per heavy atom. The number of nitrogens with one attached hydrogen (secondary N) is 1. The molecule has 1 fully saturated rings. The van der Waals surface area contributed by atoms with E-state index in [0.29, 0.717) is 24.3 Å². The largest absolute Gasteiger partial charge is 0.497 e. The molecule has 2 heterocycles. The third kappa shape index (κ3) is 6.09. The van der Waals surface area contributed by atoms with Crippen LogP contribution in [0.4, 0.5) is 4.79 Å². The zero-order chi connectivity index (χ0) is 24.8. The van der Waals surface area contributed by atoms with E-state index in [0.717, 1.165) is 16.9 Å². The first-order valence-corrected chi connectivity index (χ1v) is 12.8. The smallest absolute Gasteiger partial charge is 0.335 e. The topological polar surface area (TPSA) is 101 Å². The van der Waals surface area contributed by atoms with Gasteiger partial charge < -0.3 is 14.4 Å². The molecule has 1 N–H and O–H groups in total. The third-order valence-corrected chi connectivity index (χ3v) is 7.05. The van der Waals surface area contributed by atoms with Crippen molar-refractivity contribution in [2.45, 2.75) is 18.2 Å². The molecule has 3 aromatic rings. The summed E-state index contributed by atoms with van der Waals surface area (Å²) in [5.41, 5.74) is 2.47. The lowest BCUT2D eigenvalue weighted by Crippen LogP contribution is -2.45. The van der Waals surface area contributed by atoms with Crippen molar-refractivity contribution >= 4 is 16.1 Å². The summed E-state index contributed by atoms with van der Waals surface area (Å²) in [6.45, 7) is 0.600. The van der Waals surface area contributed by atoms with Gasteiger partial charge >= 0.3 is 6.03 Å². The molecule has 184 valence electrons. The zero-order valence-electron chi connectivity index (χ0n) is 19.6. The lowest BCUT2D eigenvalue weighted by molar-refractivity contribution is 0.182. The SMILES string of the molecule is COc1ccc(CCN2C(=O)N(NS(=O)(=O)Cc3cccnc3)CC2c2ccc(OC)cc2)cc1. The summed E-state index contributed by atoms with van der Waals surface area (Å²) in [7, 11) is -0.607. The van der Waals surface area contributed by atoms with Gasteiger partial charge in [-0.2, -0.15) is 0 Å². The Morgan fingerprint density at radius 2 is 1.63 bits per heavy atom. The van der Waals surface area contributed by atoms with Gasteiger partial charge in [0, 0.05) is 18.9 Å². The van der Waals surface area contributed by atoms with Gasteiger partial charge in [0.1, 0.15) is 11.5 Å². The third-order valence-electron chi connectivity index (χ3n) is 5.84. The lowest BCUT2D eigenvalue weighted by atomic mass is 10.1. The van der Waals surface area contributed by atoms with Crippen LogP contribution < -0.4 is 14.3 Å². The number of urea groups is 1. The molecule has 1 saturated heterocycles. The van der Waals surface area contributed by atoms with E-state index in [2.05, 4.69) is 9.82 Å². The Hall–Kier alpha value is -3.63. The molecule has 0 radical (unpaired) electrons. The van der Waals surface area contributed by atoms with Gasteiger partial charge in [0.15, 0.2) is 0 Å². The minimum atomic E-state index is -3.81. The molecule has 10 heteroatoms. The molecule has 4 rings (SSSR count). The van der Waals surface area contributed by atoms with Gasteiger partial charge in [0.2, 0.25) is 10.0 Å². The lowest BCUT2D eigenvalue weighted by Gasteiger charge is -2.23. The highest BCUT2D eigenvalue weighted by atomic mass is 32.2. The van der Waals surface area contributed by atoms with Crippen molar-refractivity contribution in [3.05, 3.63) is 89.7 Å². The maximum Gasteiger partial charge on any atom is 0.335 e. The normalized spacial score (nSPS) is 15.9. The number of methoxy groups -OCH3 is 2. The number of pyridine rings is 1. The van der Waals surface area contributed by atoms with Gasteiger partial charge in [-0.1, -0.05) is 30.3 Å². The Bertz CT molecular complexity index is 1240. The number of amides is 2. The van der Waals surface area contributed by atoms with E-state index in [1.807, 2.05) is 48.5 Å². The zero-order valence-corrected chi connectivity index (χ0v) is 20.4. The van der Waals surface area contributed by atoms with Crippen molar-refractivity contribution in [3.8, 4) is 11.5 Å². The fourth-order valence-corrected chi connectivity index (χ4v) is 5.18. The monoisotopic (exact) mass is 496 g/mol. The van der Waals surface area contributed by atoms with Crippen LogP contribution in [0.3, 0.4) is 0 Å². The molecule has 1 aliphatic heterocycles. The summed E-state index contributed by atoms with van der Waals surface area (Å²) < 4.78 is 36.0. The molecule has 35 heavy (non-hydrogen) atoms. The van der Waals surface area contributed by atoms with E-state index < -0.39 is 16.1 Å². The van der Waals surface area contributed by atoms with Gasteiger partial charge in [0.25, 0.3) is 0 Å². The minimum absolute atomic E-state index is 0.181. The number of hydrogen-bond acceptors (Lipinski definition) is 6. The quantitative estimate of drug-likeness (QED) is 0.463. The van der Waals surface area contributed by atoms with E-state index in [9.17, 15) is 13.2 Å². The van der Waals surface area contributed by atoms with E-state index >= 15 is 0 Å². The molecule has 1 aliphatic rings. The number of ether oxygens (including phenoxy) is 2. The van der Waals surface area contributed by atoms with Crippen molar-refractivity contribution in [2.75, 3.05) is 27.3 Å². The summed E-state index contributed by atoms with van der Waals surface area (Å²) in [5, 5.41) is 1.18. The maximum atomic E-state index is 13.3. The fraction of sp³-hybridized carbons (Fsp3) is 0.280. The van der Waals surface area contributed by atoms with Crippen molar-refractivity contribution in [1.29, 1.82) is 0 Å². The van der Waals surface area contributed by atoms with E-state index in [4.69, 9.17) is 9.47 Å². The summed E-state index contributed by atoms with van der Waals surface area (Å²) in [4.78, 5) is 21.4. The summed E-state index contributed by atoms with van der Waals surface area (Å²) in [6, 6.07) is 17.7. The molecular weight excluding hydrogens is 468 g/mol. The van der Waals surface area contributed by atoms with E-state index in [-0.39, 0.29) is 18.3 Å². The van der Waals surface area contributed by atoms with Crippen LogP contribution in [-0.4, -0.2) is 56.7 Å². The summed E-state index contributed by atoms with van der Waals surface area (Å²) in [5.74, 6) is 1.19. The number of rotatable bonds is 10. The first-order chi connectivity index (χ1) is 16.9. The summed E-state index contributed by atoms with van der Waals surface area (Å²) in [6.07, 6.45) is 3.68. The average Bonchev–Trinajstić information content (AvgIpc) is 3.17. The minimum Gasteiger partial charge on any atom is -0.497 e. The number of hydrogen-bond donors (Lipinski definition) is 1. The van der Waals surface area contributed by atoms with Crippen molar-refractivity contribution < 1.29 is 22.7 Å². The molecular formula is C25H28N4O5S. The van der Waals surface area contributed by atoms with E-state index in [1.54, 1.807) is 37.4 Å². The predicted octanol–water partition coefficient (Wildman–Crippen LogP) is 3.15. The van der Waals surface area contributed by atoms with Crippen LogP contribution in [-0.2, 0) is 22.2 Å². The van der Waals surface area contributed by atoms with Crippen LogP contribution in [0.15, 0.2) is 73.1 Å². The molecule has 0 bridgehead atoms. The second kappa shape index (κ2) is 10.7. The second-order valence-corrected chi connectivity index (χ2v) is 9.89. The van der Waals surface area contributed by atoms with Gasteiger partial charge in [-0.25, -0.2) is 18.2 Å². The molecule has 0 aliphatic carbocycles. The maximum absolute atomic E-state index is 13.3. The van der Waals surface area contributed by atoms with Crippen LogP contribution >= 0.6 is 0 Å². The number of aromatic nitrogens is 1. The Morgan fingerprint density at radius 1 is 0.971 bits per heavy atom.